The zero-order valence-corrected chi connectivity index (χ0v) is 22.3. The largest absolute Gasteiger partial charge is 0.497 e. The van der Waals surface area contributed by atoms with E-state index in [2.05, 4.69) is 21.2 Å². The van der Waals surface area contributed by atoms with Crippen molar-refractivity contribution in [2.45, 2.75) is 6.92 Å². The number of non-ortho nitro benzene ring substituents is 1. The summed E-state index contributed by atoms with van der Waals surface area (Å²) in [7, 11) is 1.51. The molecule has 0 atom stereocenters. The molecule has 1 amide bonds. The number of carbonyl (C=O) groups excluding carboxylic acids is 2. The number of nitro groups is 1. The number of halogens is 2. The van der Waals surface area contributed by atoms with E-state index in [0.29, 0.717) is 15.8 Å². The highest BCUT2D eigenvalue weighted by molar-refractivity contribution is 9.10. The lowest BCUT2D eigenvalue weighted by atomic mass is 10.1. The molecule has 0 saturated carbocycles. The van der Waals surface area contributed by atoms with E-state index < -0.39 is 16.8 Å². The number of amides is 1. The van der Waals surface area contributed by atoms with Crippen molar-refractivity contribution < 1.29 is 28.7 Å². The Balaban J connectivity index is 1.87. The molecule has 12 heteroatoms. The van der Waals surface area contributed by atoms with Gasteiger partial charge in [0.05, 0.1) is 39.4 Å². The van der Waals surface area contributed by atoms with Crippen LogP contribution in [0.25, 0.3) is 6.08 Å². The molecule has 0 aliphatic carbocycles. The van der Waals surface area contributed by atoms with Crippen LogP contribution in [0.15, 0.2) is 64.6 Å². The van der Waals surface area contributed by atoms with Gasteiger partial charge < -0.3 is 19.5 Å². The molecular formula is C26H19BrClN3O7. The van der Waals surface area contributed by atoms with E-state index in [4.69, 9.17) is 25.8 Å². The Morgan fingerprint density at radius 2 is 1.89 bits per heavy atom. The highest BCUT2D eigenvalue weighted by atomic mass is 79.9. The molecule has 0 fully saturated rings. The molecule has 194 valence electrons. The lowest BCUT2D eigenvalue weighted by Crippen LogP contribution is -2.14. The summed E-state index contributed by atoms with van der Waals surface area (Å²) >= 11 is 9.39. The minimum absolute atomic E-state index is 0.0609. The number of esters is 1. The molecule has 1 N–H and O–H groups in total. The van der Waals surface area contributed by atoms with Crippen LogP contribution in [0.5, 0.6) is 17.2 Å². The van der Waals surface area contributed by atoms with E-state index in [-0.39, 0.29) is 45.6 Å². The minimum atomic E-state index is -0.785. The van der Waals surface area contributed by atoms with Crippen LogP contribution in [0.1, 0.15) is 22.8 Å². The normalized spacial score (nSPS) is 10.8. The molecule has 0 aromatic heterocycles. The summed E-state index contributed by atoms with van der Waals surface area (Å²) in [5.41, 5.74) is 0.255. The summed E-state index contributed by atoms with van der Waals surface area (Å²) < 4.78 is 16.6. The second-order valence-electron chi connectivity index (χ2n) is 7.43. The number of nitrogens with one attached hydrogen (secondary N) is 1. The van der Waals surface area contributed by atoms with Crippen molar-refractivity contribution in [3.8, 4) is 23.3 Å². The quantitative estimate of drug-likeness (QED) is 0.0766. The number of anilines is 1. The summed E-state index contributed by atoms with van der Waals surface area (Å²) in [6, 6.07) is 14.8. The van der Waals surface area contributed by atoms with Crippen LogP contribution in [0.4, 0.5) is 11.4 Å². The number of ether oxygens (including phenoxy) is 3. The van der Waals surface area contributed by atoms with Crippen LogP contribution in [-0.4, -0.2) is 30.5 Å². The standard InChI is InChI=1S/C26H19BrClN3O7/c1-3-37-23-12-15(11-20(27)24(23)38-26(33)16-4-7-19(36-2)8-5-16)10-17(14-29)25(32)30-22-9-6-18(31(34)35)13-21(22)28/h4-13H,3H2,1-2H3,(H,30,32)/b17-10-. The Morgan fingerprint density at radius 1 is 1.18 bits per heavy atom. The molecule has 0 aliphatic heterocycles. The van der Waals surface area contributed by atoms with Gasteiger partial charge in [-0.05, 0) is 77.0 Å². The monoisotopic (exact) mass is 599 g/mol. The number of nitrogens with zero attached hydrogens (tertiary/aromatic N) is 2. The summed E-state index contributed by atoms with van der Waals surface area (Å²) in [5.74, 6) is -0.513. The van der Waals surface area contributed by atoms with Crippen molar-refractivity contribution in [1.29, 1.82) is 5.26 Å². The molecule has 0 spiro atoms. The fourth-order valence-corrected chi connectivity index (χ4v) is 3.90. The van der Waals surface area contributed by atoms with Crippen LogP contribution in [0.3, 0.4) is 0 Å². The lowest BCUT2D eigenvalue weighted by molar-refractivity contribution is -0.384. The van der Waals surface area contributed by atoms with Gasteiger partial charge in [-0.25, -0.2) is 4.79 Å². The fourth-order valence-electron chi connectivity index (χ4n) is 3.14. The van der Waals surface area contributed by atoms with Gasteiger partial charge in [0.1, 0.15) is 17.4 Å². The number of hydrogen-bond donors (Lipinski definition) is 1. The maximum Gasteiger partial charge on any atom is 0.343 e. The van der Waals surface area contributed by atoms with Crippen molar-refractivity contribution in [2.75, 3.05) is 19.0 Å². The van der Waals surface area contributed by atoms with Gasteiger partial charge in [-0.1, -0.05) is 11.6 Å². The topological polar surface area (TPSA) is 141 Å². The number of nitro benzene ring substituents is 1. The molecule has 0 aliphatic rings. The van der Waals surface area contributed by atoms with Gasteiger partial charge >= 0.3 is 5.97 Å². The molecule has 0 saturated heterocycles. The Kier molecular flexibility index (Phi) is 9.43. The first-order valence-electron chi connectivity index (χ1n) is 10.9. The number of rotatable bonds is 9. The van der Waals surface area contributed by atoms with Gasteiger partial charge in [-0.2, -0.15) is 5.26 Å². The van der Waals surface area contributed by atoms with Crippen LogP contribution < -0.4 is 19.5 Å². The van der Waals surface area contributed by atoms with Crippen molar-refractivity contribution in [2.24, 2.45) is 0 Å². The van der Waals surface area contributed by atoms with E-state index in [9.17, 15) is 25.0 Å². The minimum Gasteiger partial charge on any atom is -0.497 e. The Morgan fingerprint density at radius 3 is 2.47 bits per heavy atom. The number of hydrogen-bond acceptors (Lipinski definition) is 8. The predicted molar refractivity (Wildman–Crippen MR) is 144 cm³/mol. The molecule has 0 heterocycles. The number of benzene rings is 3. The molecule has 10 nitrogen and oxygen atoms in total. The average molecular weight is 601 g/mol. The molecule has 0 radical (unpaired) electrons. The van der Waals surface area contributed by atoms with Crippen LogP contribution >= 0.6 is 27.5 Å². The maximum absolute atomic E-state index is 12.7. The third-order valence-corrected chi connectivity index (χ3v) is 5.84. The smallest absolute Gasteiger partial charge is 0.343 e. The molecule has 3 aromatic rings. The second-order valence-corrected chi connectivity index (χ2v) is 8.69. The molecule has 0 unspecified atom stereocenters. The molecule has 38 heavy (non-hydrogen) atoms. The summed E-state index contributed by atoms with van der Waals surface area (Å²) in [6.07, 6.45) is 1.30. The van der Waals surface area contributed by atoms with Gasteiger partial charge in [0.15, 0.2) is 11.5 Å². The highest BCUT2D eigenvalue weighted by Crippen LogP contribution is 2.38. The predicted octanol–water partition coefficient (Wildman–Crippen LogP) is 6.18. The van der Waals surface area contributed by atoms with E-state index in [1.165, 1.54) is 31.4 Å². The molecule has 3 rings (SSSR count). The Hall–Kier alpha value is -4.40. The van der Waals surface area contributed by atoms with Crippen molar-refractivity contribution in [3.63, 3.8) is 0 Å². The number of carbonyl (C=O) groups is 2. The van der Waals surface area contributed by atoms with Crippen molar-refractivity contribution in [1.82, 2.24) is 0 Å². The molecular weight excluding hydrogens is 582 g/mol. The van der Waals surface area contributed by atoms with Gasteiger partial charge in [-0.3, -0.25) is 14.9 Å². The Bertz CT molecular complexity index is 1470. The summed E-state index contributed by atoms with van der Waals surface area (Å²) in [6.45, 7) is 1.99. The fraction of sp³-hybridized carbons (Fsp3) is 0.115. The first kappa shape index (κ1) is 28.2. The first-order chi connectivity index (χ1) is 18.2. The number of nitriles is 1. The van der Waals surface area contributed by atoms with Crippen molar-refractivity contribution in [3.05, 3.63) is 90.9 Å². The van der Waals surface area contributed by atoms with E-state index in [0.717, 1.165) is 6.07 Å². The van der Waals surface area contributed by atoms with Gasteiger partial charge in [0, 0.05) is 12.1 Å². The molecule has 0 bridgehead atoms. The zero-order chi connectivity index (χ0) is 27.8. The van der Waals surface area contributed by atoms with E-state index in [1.54, 1.807) is 37.3 Å². The third kappa shape index (κ3) is 6.88. The summed E-state index contributed by atoms with van der Waals surface area (Å²) in [4.78, 5) is 35.7. The van der Waals surface area contributed by atoms with Crippen LogP contribution in [-0.2, 0) is 4.79 Å². The van der Waals surface area contributed by atoms with Crippen LogP contribution in [0, 0.1) is 21.4 Å². The maximum atomic E-state index is 12.7. The average Bonchev–Trinajstić information content (AvgIpc) is 2.90. The Labute approximate surface area is 230 Å². The van der Waals surface area contributed by atoms with E-state index in [1.807, 2.05) is 6.07 Å². The van der Waals surface area contributed by atoms with Crippen molar-refractivity contribution >= 4 is 56.9 Å². The zero-order valence-electron chi connectivity index (χ0n) is 20.0. The first-order valence-corrected chi connectivity index (χ1v) is 12.0. The van der Waals surface area contributed by atoms with E-state index >= 15 is 0 Å². The SMILES string of the molecule is CCOc1cc(/C=C(/C#N)C(=O)Nc2ccc([N+](=O)[O-])cc2Cl)cc(Br)c1OC(=O)c1ccc(OC)cc1. The number of methoxy groups -OCH3 is 1. The highest BCUT2D eigenvalue weighted by Gasteiger charge is 2.19. The van der Waals surface area contributed by atoms with Gasteiger partial charge in [0.2, 0.25) is 0 Å². The lowest BCUT2D eigenvalue weighted by Gasteiger charge is -2.14. The molecule has 3 aromatic carbocycles. The van der Waals surface area contributed by atoms with Gasteiger partial charge in [0.25, 0.3) is 11.6 Å². The van der Waals surface area contributed by atoms with Gasteiger partial charge in [-0.15, -0.1) is 0 Å². The second kappa shape index (κ2) is 12.7. The third-order valence-electron chi connectivity index (χ3n) is 4.94. The van der Waals surface area contributed by atoms with Crippen LogP contribution in [0.2, 0.25) is 5.02 Å². The summed E-state index contributed by atoms with van der Waals surface area (Å²) in [5, 5.41) is 22.9.